The van der Waals surface area contributed by atoms with E-state index in [1.165, 1.54) is 51.0 Å². The molecule has 1 nitrogen and oxygen atoms in total. The molecule has 7 heteroatoms. The molecule has 2 aromatic rings. The molecule has 198 valence electrons. The van der Waals surface area contributed by atoms with Crippen molar-refractivity contribution in [3.8, 4) is 5.75 Å². The van der Waals surface area contributed by atoms with Gasteiger partial charge in [0.2, 0.25) is 0 Å². The molecule has 0 aliphatic heterocycles. The average Bonchev–Trinajstić information content (AvgIpc) is 2.86. The summed E-state index contributed by atoms with van der Waals surface area (Å²) in [5, 5.41) is 0. The first-order valence-corrected chi connectivity index (χ1v) is 13.2. The van der Waals surface area contributed by atoms with Crippen LogP contribution in [0.1, 0.15) is 94.6 Å². The zero-order valence-electron chi connectivity index (χ0n) is 20.7. The van der Waals surface area contributed by atoms with Crippen molar-refractivity contribution in [1.29, 1.82) is 0 Å². The van der Waals surface area contributed by atoms with Crippen LogP contribution in [0.5, 0.6) is 5.75 Å². The Bertz CT molecular complexity index is 999. The summed E-state index contributed by atoms with van der Waals surface area (Å²) < 4.78 is 88.1. The third-order valence-electron chi connectivity index (χ3n) is 8.28. The second kappa shape index (κ2) is 11.5. The fraction of sp³-hybridized carbons (Fsp3) is 0.586. The first kappa shape index (κ1) is 26.9. The van der Waals surface area contributed by atoms with Crippen molar-refractivity contribution in [2.45, 2.75) is 89.6 Å². The third-order valence-corrected chi connectivity index (χ3v) is 8.28. The lowest BCUT2D eigenvalue weighted by Gasteiger charge is -2.38. The summed E-state index contributed by atoms with van der Waals surface area (Å²) in [5.41, 5.74) is -0.363. The van der Waals surface area contributed by atoms with Crippen LogP contribution in [-0.2, 0) is 6.11 Å². The predicted molar refractivity (Wildman–Crippen MR) is 127 cm³/mol. The summed E-state index contributed by atoms with van der Waals surface area (Å²) in [4.78, 5) is 0. The van der Waals surface area contributed by atoms with Crippen LogP contribution in [0.25, 0.3) is 0 Å². The van der Waals surface area contributed by atoms with Crippen molar-refractivity contribution in [3.05, 3.63) is 64.7 Å². The Morgan fingerprint density at radius 3 is 1.92 bits per heavy atom. The molecule has 2 aliphatic rings. The van der Waals surface area contributed by atoms with Gasteiger partial charge in [0.1, 0.15) is 11.6 Å². The molecule has 36 heavy (non-hydrogen) atoms. The zero-order chi connectivity index (χ0) is 25.9. The predicted octanol–water partition coefficient (Wildman–Crippen LogP) is 9.64. The van der Waals surface area contributed by atoms with Crippen LogP contribution in [-0.4, -0.2) is 0 Å². The molecule has 0 spiro atoms. The van der Waals surface area contributed by atoms with Gasteiger partial charge >= 0.3 is 6.11 Å². The highest BCUT2D eigenvalue weighted by molar-refractivity contribution is 5.31. The standard InChI is InChI=1S/C29H34F6O/c1-2-3-4-18-5-7-19(8-6-18)20-9-11-21(12-10-20)22-13-14-24(25(30)15-22)29(34,35)36-23-16-26(31)28(33)27(32)17-23/h13-21H,2-12H2,1H3. The maximum absolute atomic E-state index is 14.8. The maximum Gasteiger partial charge on any atom is 0.429 e. The Balaban J connectivity index is 1.34. The highest BCUT2D eigenvalue weighted by Crippen LogP contribution is 2.45. The van der Waals surface area contributed by atoms with Gasteiger partial charge in [0.05, 0.1) is 5.56 Å². The fourth-order valence-corrected chi connectivity index (χ4v) is 6.18. The molecule has 0 heterocycles. The van der Waals surface area contributed by atoms with Crippen LogP contribution < -0.4 is 4.74 Å². The molecule has 0 bridgehead atoms. The Morgan fingerprint density at radius 2 is 1.36 bits per heavy atom. The number of ether oxygens (including phenoxy) is 1. The normalized spacial score (nSPS) is 25.1. The number of benzene rings is 2. The van der Waals surface area contributed by atoms with E-state index in [-0.39, 0.29) is 5.92 Å². The third kappa shape index (κ3) is 6.20. The first-order valence-electron chi connectivity index (χ1n) is 13.2. The molecule has 0 saturated heterocycles. The maximum atomic E-state index is 14.8. The van der Waals surface area contributed by atoms with Gasteiger partial charge < -0.3 is 4.74 Å². The van der Waals surface area contributed by atoms with E-state index in [1.807, 2.05) is 0 Å². The van der Waals surface area contributed by atoms with E-state index >= 15 is 0 Å². The SMILES string of the molecule is CCCCC1CCC(C2CCC(c3ccc(C(F)(F)Oc4cc(F)c(F)c(F)c4)c(F)c3)CC2)CC1. The van der Waals surface area contributed by atoms with Gasteiger partial charge in [-0.25, -0.2) is 17.6 Å². The van der Waals surface area contributed by atoms with Gasteiger partial charge in [0.15, 0.2) is 17.5 Å². The summed E-state index contributed by atoms with van der Waals surface area (Å²) in [6, 6.07) is 4.15. The van der Waals surface area contributed by atoms with Crippen LogP contribution in [0.3, 0.4) is 0 Å². The minimum Gasteiger partial charge on any atom is -0.429 e. The Morgan fingerprint density at radius 1 is 0.778 bits per heavy atom. The summed E-state index contributed by atoms with van der Waals surface area (Å²) in [6.45, 7) is 2.24. The Kier molecular flexibility index (Phi) is 8.56. The van der Waals surface area contributed by atoms with Crippen molar-refractivity contribution in [2.24, 2.45) is 17.8 Å². The molecular formula is C29H34F6O. The Hall–Kier alpha value is -2.18. The fourth-order valence-electron chi connectivity index (χ4n) is 6.18. The molecule has 2 fully saturated rings. The van der Waals surface area contributed by atoms with Gasteiger partial charge in [-0.1, -0.05) is 45.1 Å². The molecule has 4 rings (SSSR count). The highest BCUT2D eigenvalue weighted by atomic mass is 19.3. The number of unbranched alkanes of at least 4 members (excludes halogenated alkanes) is 1. The van der Waals surface area contributed by atoms with E-state index in [0.717, 1.165) is 49.7 Å². The second-order valence-electron chi connectivity index (χ2n) is 10.6. The van der Waals surface area contributed by atoms with Crippen molar-refractivity contribution in [3.63, 3.8) is 0 Å². The van der Waals surface area contributed by atoms with Crippen molar-refractivity contribution in [1.82, 2.24) is 0 Å². The minimum absolute atomic E-state index is 0.112. The number of halogens is 6. The van der Waals surface area contributed by atoms with Gasteiger partial charge in [-0.15, -0.1) is 0 Å². The lowest BCUT2D eigenvalue weighted by molar-refractivity contribution is -0.187. The number of hydrogen-bond acceptors (Lipinski definition) is 1. The topological polar surface area (TPSA) is 9.23 Å². The molecule has 2 aromatic carbocycles. The van der Waals surface area contributed by atoms with E-state index in [2.05, 4.69) is 11.7 Å². The van der Waals surface area contributed by atoms with Crippen molar-refractivity contribution in [2.75, 3.05) is 0 Å². The van der Waals surface area contributed by atoms with Crippen molar-refractivity contribution >= 4 is 0 Å². The van der Waals surface area contributed by atoms with Gasteiger partial charge in [-0.2, -0.15) is 8.78 Å². The molecule has 0 unspecified atom stereocenters. The average molecular weight is 513 g/mol. The van der Waals surface area contributed by atoms with E-state index in [0.29, 0.717) is 23.6 Å². The molecule has 0 aromatic heterocycles. The van der Waals surface area contributed by atoms with Crippen LogP contribution in [0.2, 0.25) is 0 Å². The minimum atomic E-state index is -4.19. The Labute approximate surface area is 209 Å². The van der Waals surface area contributed by atoms with Gasteiger partial charge in [0, 0.05) is 12.1 Å². The molecule has 0 N–H and O–H groups in total. The summed E-state index contributed by atoms with van der Waals surface area (Å²) in [7, 11) is 0. The summed E-state index contributed by atoms with van der Waals surface area (Å²) in [6.07, 6.45) is 8.91. The molecule has 0 amide bonds. The highest BCUT2D eigenvalue weighted by Gasteiger charge is 2.39. The summed E-state index contributed by atoms with van der Waals surface area (Å²) >= 11 is 0. The quantitative estimate of drug-likeness (QED) is 0.253. The molecule has 2 aliphatic carbocycles. The lowest BCUT2D eigenvalue weighted by atomic mass is 9.68. The smallest absolute Gasteiger partial charge is 0.429 e. The van der Waals surface area contributed by atoms with Crippen LogP contribution in [0, 0.1) is 41.0 Å². The van der Waals surface area contributed by atoms with E-state index in [4.69, 9.17) is 0 Å². The van der Waals surface area contributed by atoms with Crippen LogP contribution in [0.4, 0.5) is 26.3 Å². The number of hydrogen-bond donors (Lipinski definition) is 0. The van der Waals surface area contributed by atoms with Crippen LogP contribution >= 0.6 is 0 Å². The molecule has 0 atom stereocenters. The second-order valence-corrected chi connectivity index (χ2v) is 10.6. The van der Waals surface area contributed by atoms with Crippen molar-refractivity contribution < 1.29 is 31.1 Å². The number of rotatable bonds is 8. The zero-order valence-corrected chi connectivity index (χ0v) is 20.7. The molecule has 2 saturated carbocycles. The molecule has 0 radical (unpaired) electrons. The largest absolute Gasteiger partial charge is 0.429 e. The van der Waals surface area contributed by atoms with E-state index in [9.17, 15) is 26.3 Å². The van der Waals surface area contributed by atoms with E-state index < -0.39 is 40.7 Å². The van der Waals surface area contributed by atoms with Crippen LogP contribution in [0.15, 0.2) is 30.3 Å². The first-order chi connectivity index (χ1) is 17.2. The monoisotopic (exact) mass is 512 g/mol. The van der Waals surface area contributed by atoms with E-state index in [1.54, 1.807) is 0 Å². The van der Waals surface area contributed by atoms with Gasteiger partial charge in [0.25, 0.3) is 0 Å². The lowest BCUT2D eigenvalue weighted by Crippen LogP contribution is -2.26. The number of alkyl halides is 2. The van der Waals surface area contributed by atoms with Gasteiger partial charge in [-0.3, -0.25) is 0 Å². The molecular weight excluding hydrogens is 478 g/mol. The van der Waals surface area contributed by atoms with Gasteiger partial charge in [-0.05, 0) is 79.9 Å². The summed E-state index contributed by atoms with van der Waals surface area (Å²) in [5.74, 6) is -4.77.